The molecule has 0 heterocycles. The molecule has 0 fully saturated rings. The fraction of sp³-hybridized carbons (Fsp3) is 0.375. The van der Waals surface area contributed by atoms with Crippen LogP contribution in [0.15, 0.2) is 42.5 Å². The maximum Gasteiger partial charge on any atom is 0.573 e. The molecule has 0 aliphatic carbocycles. The van der Waals surface area contributed by atoms with Crippen molar-refractivity contribution in [3.05, 3.63) is 59.4 Å². The second kappa shape index (κ2) is 10.7. The van der Waals surface area contributed by atoms with Crippen molar-refractivity contribution in [1.82, 2.24) is 4.90 Å². The molecule has 35 heavy (non-hydrogen) atoms. The number of nitrogens with one attached hydrogen (secondary N) is 1. The predicted octanol–water partition coefficient (Wildman–Crippen LogP) is 6.38. The highest BCUT2D eigenvalue weighted by atomic mass is 19.4. The van der Waals surface area contributed by atoms with Crippen LogP contribution in [0.1, 0.15) is 50.5 Å². The van der Waals surface area contributed by atoms with Crippen molar-refractivity contribution >= 4 is 23.6 Å². The largest absolute Gasteiger partial charge is 0.573 e. The van der Waals surface area contributed by atoms with Gasteiger partial charge in [0.1, 0.15) is 17.2 Å². The third-order valence-corrected chi connectivity index (χ3v) is 4.22. The first-order chi connectivity index (χ1) is 16.1. The molecule has 0 saturated heterocycles. The molecule has 0 spiro atoms. The Kier molecular flexibility index (Phi) is 8.48. The van der Waals surface area contributed by atoms with Gasteiger partial charge in [0.25, 0.3) is 0 Å². The molecule has 0 aromatic heterocycles. The lowest BCUT2D eigenvalue weighted by Gasteiger charge is -2.27. The number of ketones is 1. The summed E-state index contributed by atoms with van der Waals surface area (Å²) in [6.45, 7) is 8.35. The number of amides is 3. The molecule has 0 saturated carbocycles. The van der Waals surface area contributed by atoms with E-state index in [-0.39, 0.29) is 29.3 Å². The van der Waals surface area contributed by atoms with Crippen molar-refractivity contribution in [2.45, 2.75) is 46.6 Å². The van der Waals surface area contributed by atoms with Crippen molar-refractivity contribution in [3.8, 4) is 5.75 Å². The maximum atomic E-state index is 13.3. The van der Waals surface area contributed by atoms with E-state index >= 15 is 0 Å². The number of anilines is 1. The van der Waals surface area contributed by atoms with E-state index in [0.29, 0.717) is 0 Å². The van der Waals surface area contributed by atoms with Gasteiger partial charge in [-0.15, -0.1) is 13.2 Å². The molecule has 7 nitrogen and oxygen atoms in total. The number of hydrogen-bond acceptors (Lipinski definition) is 5. The number of carbonyl (C=O) groups excluding carboxylic acids is 3. The van der Waals surface area contributed by atoms with Crippen molar-refractivity contribution in [2.24, 2.45) is 5.92 Å². The molecular weight excluding hydrogens is 472 g/mol. The zero-order valence-electron chi connectivity index (χ0n) is 19.8. The summed E-state index contributed by atoms with van der Waals surface area (Å²) in [5.41, 5.74) is -1.49. The van der Waals surface area contributed by atoms with Crippen molar-refractivity contribution in [2.75, 3.05) is 11.9 Å². The molecule has 0 atom stereocenters. The van der Waals surface area contributed by atoms with Gasteiger partial charge in [0.05, 0.1) is 5.69 Å². The maximum absolute atomic E-state index is 13.3. The normalized spacial score (nSPS) is 11.7. The average Bonchev–Trinajstić information content (AvgIpc) is 2.70. The summed E-state index contributed by atoms with van der Waals surface area (Å²) >= 11 is 0. The number of urea groups is 1. The van der Waals surface area contributed by atoms with Crippen molar-refractivity contribution in [1.29, 1.82) is 0 Å². The molecule has 0 aliphatic heterocycles. The summed E-state index contributed by atoms with van der Waals surface area (Å²) in [5.74, 6) is -2.27. The molecule has 190 valence electrons. The Balaban J connectivity index is 2.46. The van der Waals surface area contributed by atoms with Gasteiger partial charge in [-0.2, -0.15) is 0 Å². The lowest BCUT2D eigenvalue weighted by molar-refractivity contribution is -0.274. The SMILES string of the molecule is CC(C)CN(C(=O)Nc1ccc(OC(F)(F)F)cc1C(=O)c1ccc(F)cc1)C(=O)OC(C)(C)C. The molecule has 2 aromatic carbocycles. The van der Waals surface area contributed by atoms with Gasteiger partial charge < -0.3 is 14.8 Å². The van der Waals surface area contributed by atoms with E-state index in [2.05, 4.69) is 10.1 Å². The topological polar surface area (TPSA) is 84.9 Å². The van der Waals surface area contributed by atoms with Crippen molar-refractivity contribution < 1.29 is 41.4 Å². The van der Waals surface area contributed by atoms with E-state index in [4.69, 9.17) is 4.74 Å². The average molecular weight is 498 g/mol. The number of imide groups is 1. The molecule has 2 aromatic rings. The smallest absolute Gasteiger partial charge is 0.443 e. The molecule has 11 heteroatoms. The lowest BCUT2D eigenvalue weighted by Crippen LogP contribution is -2.45. The molecular formula is C24H26F4N2O5. The standard InChI is InChI=1S/C24H26F4N2O5/c1-14(2)13-30(22(33)35-23(3,4)5)21(32)29-19-11-10-17(34-24(26,27)28)12-18(19)20(31)15-6-8-16(25)9-7-15/h6-12,14H,13H2,1-5H3,(H,29,32). The van der Waals surface area contributed by atoms with Gasteiger partial charge in [-0.05, 0) is 69.2 Å². The predicted molar refractivity (Wildman–Crippen MR) is 120 cm³/mol. The zero-order chi connectivity index (χ0) is 26.6. The summed E-state index contributed by atoms with van der Waals surface area (Å²) < 4.78 is 60.6. The molecule has 1 N–H and O–H groups in total. The minimum Gasteiger partial charge on any atom is -0.443 e. The highest BCUT2D eigenvalue weighted by Gasteiger charge is 2.32. The summed E-state index contributed by atoms with van der Waals surface area (Å²) in [7, 11) is 0. The van der Waals surface area contributed by atoms with Crippen LogP contribution in [0.3, 0.4) is 0 Å². The summed E-state index contributed by atoms with van der Waals surface area (Å²) in [6, 6.07) is 6.10. The molecule has 0 aliphatic rings. The Morgan fingerprint density at radius 3 is 2.11 bits per heavy atom. The van der Waals surface area contributed by atoms with Crippen LogP contribution in [0.25, 0.3) is 0 Å². The highest BCUT2D eigenvalue weighted by molar-refractivity contribution is 6.14. The molecule has 0 bridgehead atoms. The Hall–Kier alpha value is -3.63. The van der Waals surface area contributed by atoms with Crippen LogP contribution >= 0.6 is 0 Å². The van der Waals surface area contributed by atoms with Crippen LogP contribution in [-0.4, -0.2) is 41.3 Å². The van der Waals surface area contributed by atoms with E-state index < -0.39 is 41.4 Å². The number of nitrogens with zero attached hydrogens (tertiary/aromatic N) is 1. The van der Waals surface area contributed by atoms with Crippen LogP contribution in [0, 0.1) is 11.7 Å². The number of alkyl halides is 3. The minimum absolute atomic E-state index is 0.0305. The fourth-order valence-corrected chi connectivity index (χ4v) is 2.88. The first-order valence-corrected chi connectivity index (χ1v) is 10.6. The van der Waals surface area contributed by atoms with E-state index in [1.165, 1.54) is 0 Å². The quantitative estimate of drug-likeness (QED) is 0.369. The lowest BCUT2D eigenvalue weighted by atomic mass is 10.0. The third-order valence-electron chi connectivity index (χ3n) is 4.22. The number of hydrogen-bond donors (Lipinski definition) is 1. The van der Waals surface area contributed by atoms with E-state index in [9.17, 15) is 31.9 Å². The van der Waals surface area contributed by atoms with E-state index in [0.717, 1.165) is 47.4 Å². The Morgan fingerprint density at radius 2 is 1.60 bits per heavy atom. The third kappa shape index (κ3) is 8.58. The Bertz CT molecular complexity index is 1080. The van der Waals surface area contributed by atoms with Gasteiger partial charge in [0.2, 0.25) is 0 Å². The number of carbonyl (C=O) groups is 3. The number of ether oxygens (including phenoxy) is 2. The van der Waals surface area contributed by atoms with Gasteiger partial charge in [-0.3, -0.25) is 4.79 Å². The van der Waals surface area contributed by atoms with Gasteiger partial charge in [-0.25, -0.2) is 18.9 Å². The Labute approximate surface area is 200 Å². The summed E-state index contributed by atoms with van der Waals surface area (Å²) in [5, 5.41) is 2.39. The monoisotopic (exact) mass is 498 g/mol. The zero-order valence-corrected chi connectivity index (χ0v) is 19.8. The van der Waals surface area contributed by atoms with Gasteiger partial charge in [0.15, 0.2) is 5.78 Å². The molecule has 2 rings (SSSR count). The van der Waals surface area contributed by atoms with E-state index in [1.54, 1.807) is 34.6 Å². The number of rotatable bonds is 6. The Morgan fingerprint density at radius 1 is 1.00 bits per heavy atom. The minimum atomic E-state index is -5.02. The van der Waals surface area contributed by atoms with Crippen LogP contribution in [0.2, 0.25) is 0 Å². The molecule has 0 radical (unpaired) electrons. The van der Waals surface area contributed by atoms with E-state index in [1.807, 2.05) is 0 Å². The molecule has 3 amide bonds. The number of halogens is 4. The fourth-order valence-electron chi connectivity index (χ4n) is 2.88. The van der Waals surface area contributed by atoms with Gasteiger partial charge in [-0.1, -0.05) is 13.8 Å². The second-order valence-corrected chi connectivity index (χ2v) is 9.01. The van der Waals surface area contributed by atoms with Crippen molar-refractivity contribution in [3.63, 3.8) is 0 Å². The van der Waals surface area contributed by atoms with Gasteiger partial charge >= 0.3 is 18.5 Å². The summed E-state index contributed by atoms with van der Waals surface area (Å²) in [6.07, 6.45) is -5.96. The van der Waals surface area contributed by atoms with Gasteiger partial charge in [0, 0.05) is 17.7 Å². The first kappa shape index (κ1) is 27.6. The first-order valence-electron chi connectivity index (χ1n) is 10.6. The molecule has 0 unspecified atom stereocenters. The van der Waals surface area contributed by atoms with Crippen LogP contribution in [-0.2, 0) is 4.74 Å². The second-order valence-electron chi connectivity index (χ2n) is 9.01. The van der Waals surface area contributed by atoms with Crippen LogP contribution in [0.4, 0.5) is 32.8 Å². The van der Waals surface area contributed by atoms with Crippen LogP contribution < -0.4 is 10.1 Å². The number of benzene rings is 2. The highest BCUT2D eigenvalue weighted by Crippen LogP contribution is 2.29. The summed E-state index contributed by atoms with van der Waals surface area (Å²) in [4.78, 5) is 39.4. The van der Waals surface area contributed by atoms with Crippen LogP contribution in [0.5, 0.6) is 5.75 Å².